The highest BCUT2D eigenvalue weighted by Gasteiger charge is 2.31. The van der Waals surface area contributed by atoms with Crippen molar-refractivity contribution in [1.82, 2.24) is 15.4 Å². The van der Waals surface area contributed by atoms with Gasteiger partial charge in [-0.15, -0.1) is 0 Å². The van der Waals surface area contributed by atoms with E-state index in [0.717, 1.165) is 31.4 Å². The quantitative estimate of drug-likeness (QED) is 0.790. The van der Waals surface area contributed by atoms with Crippen molar-refractivity contribution in [3.63, 3.8) is 0 Å². The number of aldehydes is 1. The Balaban J connectivity index is 1.54. The molecule has 138 valence electrons. The molecule has 0 amide bonds. The van der Waals surface area contributed by atoms with Crippen LogP contribution in [-0.2, 0) is 0 Å². The molecule has 2 heterocycles. The largest absolute Gasteiger partial charge is 0.487 e. The number of hydrazine groups is 1. The predicted octanol–water partition coefficient (Wildman–Crippen LogP) is 3.71. The van der Waals surface area contributed by atoms with E-state index in [4.69, 9.17) is 4.74 Å². The number of aromatic nitrogens is 1. The monoisotopic (exact) mass is 353 g/mol. The Labute approximate surface area is 155 Å². The number of nitrogens with zero attached hydrogens (tertiary/aromatic N) is 2. The van der Waals surface area contributed by atoms with Crippen molar-refractivity contribution in [2.75, 3.05) is 13.2 Å². The molecule has 1 aromatic rings. The third kappa shape index (κ3) is 3.40. The number of carbonyl (C=O) groups is 1. The standard InChI is InChI=1S/C21H27N3O2/c1-15-9-10-21(19(13-25)23-15)26-14-16-5-2-3-8-18(16)20-11-12-22-24(20)17-6-4-7-17/h9-11,13,17,22H,2-8,12,14H2,1H3. The van der Waals surface area contributed by atoms with Gasteiger partial charge in [0, 0.05) is 18.3 Å². The summed E-state index contributed by atoms with van der Waals surface area (Å²) in [4.78, 5) is 15.6. The summed E-state index contributed by atoms with van der Waals surface area (Å²) in [7, 11) is 0. The van der Waals surface area contributed by atoms with E-state index in [0.29, 0.717) is 24.1 Å². The Morgan fingerprint density at radius 1 is 1.27 bits per heavy atom. The van der Waals surface area contributed by atoms with Gasteiger partial charge in [0.1, 0.15) is 18.1 Å². The molecule has 1 N–H and O–H groups in total. The Hall–Kier alpha value is -2.14. The van der Waals surface area contributed by atoms with Crippen molar-refractivity contribution in [1.29, 1.82) is 0 Å². The average molecular weight is 353 g/mol. The van der Waals surface area contributed by atoms with E-state index in [-0.39, 0.29) is 0 Å². The van der Waals surface area contributed by atoms with Crippen LogP contribution in [0.3, 0.4) is 0 Å². The fraction of sp³-hybridized carbons (Fsp3) is 0.524. The predicted molar refractivity (Wildman–Crippen MR) is 101 cm³/mol. The van der Waals surface area contributed by atoms with Crippen LogP contribution in [0.1, 0.15) is 61.1 Å². The van der Waals surface area contributed by atoms with Crippen LogP contribution >= 0.6 is 0 Å². The first-order chi connectivity index (χ1) is 12.8. The first-order valence-electron chi connectivity index (χ1n) is 9.76. The summed E-state index contributed by atoms with van der Waals surface area (Å²) in [5.74, 6) is 0.581. The Morgan fingerprint density at radius 3 is 2.88 bits per heavy atom. The molecule has 1 saturated carbocycles. The molecule has 0 saturated heterocycles. The first kappa shape index (κ1) is 17.3. The lowest BCUT2D eigenvalue weighted by Gasteiger charge is -2.39. The van der Waals surface area contributed by atoms with E-state index in [1.807, 2.05) is 19.1 Å². The number of hydrogen-bond acceptors (Lipinski definition) is 5. The minimum Gasteiger partial charge on any atom is -0.487 e. The van der Waals surface area contributed by atoms with Gasteiger partial charge in [0.05, 0.1) is 5.70 Å². The van der Waals surface area contributed by atoms with E-state index in [1.54, 1.807) is 0 Å². The van der Waals surface area contributed by atoms with Crippen molar-refractivity contribution < 1.29 is 9.53 Å². The lowest BCUT2D eigenvalue weighted by molar-refractivity contribution is 0.111. The normalized spacial score (nSPS) is 20.8. The van der Waals surface area contributed by atoms with Gasteiger partial charge in [-0.2, -0.15) is 0 Å². The number of ether oxygens (including phenoxy) is 1. The molecule has 1 fully saturated rings. The van der Waals surface area contributed by atoms with E-state index in [9.17, 15) is 4.79 Å². The molecule has 2 aliphatic carbocycles. The molecule has 1 aromatic heterocycles. The minimum absolute atomic E-state index is 0.390. The van der Waals surface area contributed by atoms with E-state index in [2.05, 4.69) is 21.5 Å². The number of nitrogens with one attached hydrogen (secondary N) is 1. The molecular formula is C21H27N3O2. The minimum atomic E-state index is 0.390. The summed E-state index contributed by atoms with van der Waals surface area (Å²) < 4.78 is 6.03. The number of aryl methyl sites for hydroxylation is 1. The van der Waals surface area contributed by atoms with E-state index >= 15 is 0 Å². The third-order valence-electron chi connectivity index (χ3n) is 5.69. The van der Waals surface area contributed by atoms with Gasteiger partial charge >= 0.3 is 0 Å². The first-order valence-corrected chi connectivity index (χ1v) is 9.76. The van der Waals surface area contributed by atoms with Gasteiger partial charge in [-0.3, -0.25) is 4.79 Å². The number of carbonyl (C=O) groups excluding carboxylic acids is 1. The van der Waals surface area contributed by atoms with Crippen LogP contribution in [-0.4, -0.2) is 35.5 Å². The van der Waals surface area contributed by atoms with Crippen molar-refractivity contribution >= 4 is 6.29 Å². The van der Waals surface area contributed by atoms with Gasteiger partial charge in [-0.05, 0) is 81.2 Å². The Bertz CT molecular complexity index is 750. The molecule has 0 radical (unpaired) electrons. The Morgan fingerprint density at radius 2 is 2.12 bits per heavy atom. The summed E-state index contributed by atoms with van der Waals surface area (Å²) in [5, 5.41) is 2.40. The summed E-state index contributed by atoms with van der Waals surface area (Å²) in [5.41, 5.74) is 8.93. The van der Waals surface area contributed by atoms with Gasteiger partial charge < -0.3 is 9.75 Å². The smallest absolute Gasteiger partial charge is 0.172 e. The van der Waals surface area contributed by atoms with E-state index < -0.39 is 0 Å². The van der Waals surface area contributed by atoms with Crippen LogP contribution in [0, 0.1) is 6.92 Å². The molecule has 5 heteroatoms. The van der Waals surface area contributed by atoms with Gasteiger partial charge in [-0.1, -0.05) is 0 Å². The maximum atomic E-state index is 11.3. The maximum absolute atomic E-state index is 11.3. The van der Waals surface area contributed by atoms with Crippen molar-refractivity contribution in [2.24, 2.45) is 0 Å². The number of pyridine rings is 1. The highest BCUT2D eigenvalue weighted by molar-refractivity contribution is 5.76. The zero-order valence-corrected chi connectivity index (χ0v) is 15.5. The van der Waals surface area contributed by atoms with Crippen molar-refractivity contribution in [2.45, 2.75) is 57.9 Å². The zero-order chi connectivity index (χ0) is 17.9. The fourth-order valence-electron chi connectivity index (χ4n) is 4.04. The maximum Gasteiger partial charge on any atom is 0.172 e. The van der Waals surface area contributed by atoms with E-state index in [1.165, 1.54) is 48.9 Å². The second-order valence-corrected chi connectivity index (χ2v) is 7.44. The van der Waals surface area contributed by atoms with Crippen LogP contribution in [0.2, 0.25) is 0 Å². The van der Waals surface area contributed by atoms with Gasteiger partial charge in [0.2, 0.25) is 0 Å². The third-order valence-corrected chi connectivity index (χ3v) is 5.69. The molecule has 3 aliphatic rings. The molecular weight excluding hydrogens is 326 g/mol. The summed E-state index contributed by atoms with van der Waals surface area (Å²) in [6.45, 7) is 3.34. The molecule has 1 aliphatic heterocycles. The van der Waals surface area contributed by atoms with Crippen molar-refractivity contribution in [3.8, 4) is 5.75 Å². The Kier molecular flexibility index (Phi) is 5.07. The SMILES string of the molecule is Cc1ccc(OCC2=C(C3=CCNN3C3CCC3)CCCC2)c(C=O)n1. The molecule has 0 bridgehead atoms. The molecule has 0 unspecified atom stereocenters. The fourth-order valence-corrected chi connectivity index (χ4v) is 4.04. The lowest BCUT2D eigenvalue weighted by Crippen LogP contribution is -2.45. The highest BCUT2D eigenvalue weighted by atomic mass is 16.5. The molecule has 0 aromatic carbocycles. The average Bonchev–Trinajstić information content (AvgIpc) is 3.08. The van der Waals surface area contributed by atoms with Crippen LogP contribution in [0.15, 0.2) is 35.1 Å². The second kappa shape index (κ2) is 7.62. The molecule has 0 spiro atoms. The molecule has 5 nitrogen and oxygen atoms in total. The number of hydrogen-bond donors (Lipinski definition) is 1. The molecule has 26 heavy (non-hydrogen) atoms. The van der Waals surface area contributed by atoms with Crippen LogP contribution < -0.4 is 10.2 Å². The second-order valence-electron chi connectivity index (χ2n) is 7.44. The van der Waals surface area contributed by atoms with Crippen LogP contribution in [0.4, 0.5) is 0 Å². The van der Waals surface area contributed by atoms with Crippen LogP contribution in [0.5, 0.6) is 5.75 Å². The number of rotatable bonds is 6. The summed E-state index contributed by atoms with van der Waals surface area (Å²) in [6, 6.07) is 4.38. The van der Waals surface area contributed by atoms with Gasteiger partial charge in [-0.25, -0.2) is 10.4 Å². The molecule has 4 rings (SSSR count). The highest BCUT2D eigenvalue weighted by Crippen LogP contribution is 2.36. The van der Waals surface area contributed by atoms with Crippen molar-refractivity contribution in [3.05, 3.63) is 46.4 Å². The number of allylic oxidation sites excluding steroid dienone is 1. The lowest BCUT2D eigenvalue weighted by atomic mass is 9.87. The van der Waals surface area contributed by atoms with Gasteiger partial charge in [0.15, 0.2) is 6.29 Å². The zero-order valence-electron chi connectivity index (χ0n) is 15.5. The molecule has 0 atom stereocenters. The van der Waals surface area contributed by atoms with Crippen LogP contribution in [0.25, 0.3) is 0 Å². The topological polar surface area (TPSA) is 54.5 Å². The summed E-state index contributed by atoms with van der Waals surface area (Å²) in [6.07, 6.45) is 11.6. The van der Waals surface area contributed by atoms with Gasteiger partial charge in [0.25, 0.3) is 0 Å². The summed E-state index contributed by atoms with van der Waals surface area (Å²) >= 11 is 0.